The second kappa shape index (κ2) is 4.50. The lowest BCUT2D eigenvalue weighted by Gasteiger charge is -2.04. The molecule has 0 radical (unpaired) electrons. The fraction of sp³-hybridized carbons (Fsp3) is 0.300. The van der Waals surface area contributed by atoms with Crippen LogP contribution >= 0.6 is 0 Å². The van der Waals surface area contributed by atoms with E-state index in [1.54, 1.807) is 18.2 Å². The number of hydrogen-bond donors (Lipinski definition) is 0. The molecule has 0 heterocycles. The highest BCUT2D eigenvalue weighted by molar-refractivity contribution is 5.73. The molecule has 0 spiro atoms. The molecule has 1 aromatic carbocycles. The molecule has 0 unspecified atom stereocenters. The topological polar surface area (TPSA) is 55.7 Å². The van der Waals surface area contributed by atoms with E-state index in [9.17, 15) is 9.70 Å². The molecule has 14 heavy (non-hydrogen) atoms. The van der Waals surface area contributed by atoms with Gasteiger partial charge in [0.15, 0.2) is 0 Å². The van der Waals surface area contributed by atoms with Crippen LogP contribution in [0.2, 0.25) is 0 Å². The van der Waals surface area contributed by atoms with Gasteiger partial charge in [0.2, 0.25) is 0 Å². The fourth-order valence-corrected chi connectivity index (χ4v) is 1.13. The van der Waals surface area contributed by atoms with E-state index in [0.29, 0.717) is 5.69 Å². The van der Waals surface area contributed by atoms with E-state index in [2.05, 4.69) is 9.91 Å². The number of ether oxygens (including phenoxy) is 1. The molecule has 74 valence electrons. The summed E-state index contributed by atoms with van der Waals surface area (Å²) in [5, 5.41) is 2.80. The normalized spacial score (nSPS) is 9.57. The van der Waals surface area contributed by atoms with Crippen molar-refractivity contribution in [2.75, 3.05) is 7.11 Å². The molecule has 0 saturated carbocycles. The molecule has 0 amide bonds. The third-order valence-corrected chi connectivity index (χ3v) is 2.00. The zero-order chi connectivity index (χ0) is 10.6. The van der Waals surface area contributed by atoms with Gasteiger partial charge in [0, 0.05) is 0 Å². The highest BCUT2D eigenvalue weighted by atomic mass is 16.5. The van der Waals surface area contributed by atoms with E-state index < -0.39 is 0 Å². The van der Waals surface area contributed by atoms with Gasteiger partial charge in [0.25, 0.3) is 0 Å². The number of rotatable bonds is 3. The molecule has 0 N–H and O–H groups in total. The van der Waals surface area contributed by atoms with E-state index in [1.807, 2.05) is 6.92 Å². The number of aryl methyl sites for hydroxylation is 1. The highest BCUT2D eigenvalue weighted by Crippen LogP contribution is 2.18. The number of hydrogen-bond acceptors (Lipinski definition) is 4. The Hall–Kier alpha value is -1.71. The molecular formula is C10H11NO3. The van der Waals surface area contributed by atoms with Crippen LogP contribution in [0.15, 0.2) is 23.4 Å². The molecule has 4 heteroatoms. The maximum Gasteiger partial charge on any atom is 0.309 e. The van der Waals surface area contributed by atoms with E-state index in [4.69, 9.17) is 0 Å². The van der Waals surface area contributed by atoms with Crippen LogP contribution in [0.25, 0.3) is 0 Å². The van der Waals surface area contributed by atoms with Crippen LogP contribution in [0.4, 0.5) is 5.69 Å². The number of carbonyl (C=O) groups is 1. The first-order valence-electron chi connectivity index (χ1n) is 4.17. The van der Waals surface area contributed by atoms with E-state index in [1.165, 1.54) is 7.11 Å². The van der Waals surface area contributed by atoms with Crippen molar-refractivity contribution in [2.24, 2.45) is 5.18 Å². The molecule has 0 fully saturated rings. The molecule has 4 nitrogen and oxygen atoms in total. The van der Waals surface area contributed by atoms with Crippen LogP contribution in [-0.4, -0.2) is 13.1 Å². The third kappa shape index (κ3) is 2.39. The Bertz CT molecular complexity index is 360. The number of esters is 1. The monoisotopic (exact) mass is 193 g/mol. The van der Waals surface area contributed by atoms with Gasteiger partial charge >= 0.3 is 5.97 Å². The lowest BCUT2D eigenvalue weighted by atomic mass is 10.1. The first kappa shape index (κ1) is 10.4. The summed E-state index contributed by atoms with van der Waals surface area (Å²) in [5.41, 5.74) is 2.05. The van der Waals surface area contributed by atoms with Gasteiger partial charge in [-0.15, -0.1) is 4.91 Å². The fourth-order valence-electron chi connectivity index (χ4n) is 1.13. The first-order valence-corrected chi connectivity index (χ1v) is 4.17. The van der Waals surface area contributed by atoms with Crippen molar-refractivity contribution in [3.05, 3.63) is 34.2 Å². The quantitative estimate of drug-likeness (QED) is 0.545. The maximum atomic E-state index is 11.0. The lowest BCUT2D eigenvalue weighted by Crippen LogP contribution is -2.05. The standard InChI is InChI=1S/C10H11NO3/c1-7-3-4-9(11-13)5-8(7)6-10(12)14-2/h3-5H,6H2,1-2H3. The lowest BCUT2D eigenvalue weighted by molar-refractivity contribution is -0.139. The van der Waals surface area contributed by atoms with Crippen molar-refractivity contribution < 1.29 is 9.53 Å². The first-order chi connectivity index (χ1) is 6.67. The number of methoxy groups -OCH3 is 1. The minimum absolute atomic E-state index is 0.172. The van der Waals surface area contributed by atoms with Crippen molar-refractivity contribution in [1.82, 2.24) is 0 Å². The van der Waals surface area contributed by atoms with Gasteiger partial charge < -0.3 is 4.74 Å². The predicted molar refractivity (Wildman–Crippen MR) is 52.4 cm³/mol. The minimum Gasteiger partial charge on any atom is -0.469 e. The van der Waals surface area contributed by atoms with Gasteiger partial charge in [-0.1, -0.05) is 6.07 Å². The molecule has 0 aromatic heterocycles. The van der Waals surface area contributed by atoms with Crippen molar-refractivity contribution in [1.29, 1.82) is 0 Å². The van der Waals surface area contributed by atoms with Crippen LogP contribution in [0.3, 0.4) is 0 Å². The summed E-state index contributed by atoms with van der Waals surface area (Å²) in [4.78, 5) is 21.3. The predicted octanol–water partition coefficient (Wildman–Crippen LogP) is 2.11. The van der Waals surface area contributed by atoms with E-state index >= 15 is 0 Å². The van der Waals surface area contributed by atoms with Crippen LogP contribution in [0, 0.1) is 11.8 Å². The molecular weight excluding hydrogens is 182 g/mol. The summed E-state index contributed by atoms with van der Waals surface area (Å²) in [7, 11) is 1.33. The summed E-state index contributed by atoms with van der Waals surface area (Å²) in [6, 6.07) is 4.97. The highest BCUT2D eigenvalue weighted by Gasteiger charge is 2.06. The third-order valence-electron chi connectivity index (χ3n) is 2.00. The molecule has 1 rings (SSSR count). The van der Waals surface area contributed by atoms with Gasteiger partial charge in [-0.2, -0.15) is 0 Å². The van der Waals surface area contributed by atoms with Gasteiger partial charge in [-0.3, -0.25) is 4.79 Å². The zero-order valence-electron chi connectivity index (χ0n) is 8.11. The largest absolute Gasteiger partial charge is 0.469 e. The van der Waals surface area contributed by atoms with Crippen LogP contribution in [0.5, 0.6) is 0 Å². The molecule has 0 aliphatic carbocycles. The second-order valence-corrected chi connectivity index (χ2v) is 2.95. The minimum atomic E-state index is -0.323. The van der Waals surface area contributed by atoms with Crippen LogP contribution < -0.4 is 0 Å². The molecule has 0 aliphatic rings. The summed E-state index contributed by atoms with van der Waals surface area (Å²) >= 11 is 0. The van der Waals surface area contributed by atoms with Gasteiger partial charge in [-0.25, -0.2) is 0 Å². The Kier molecular flexibility index (Phi) is 3.34. The Morgan fingerprint density at radius 1 is 1.50 bits per heavy atom. The Labute approximate surface area is 81.9 Å². The molecule has 0 saturated heterocycles. The van der Waals surface area contributed by atoms with Gasteiger partial charge in [-0.05, 0) is 35.4 Å². The molecule has 0 bridgehead atoms. The summed E-state index contributed by atoms with van der Waals surface area (Å²) in [6.45, 7) is 1.87. The second-order valence-electron chi connectivity index (χ2n) is 2.95. The Morgan fingerprint density at radius 2 is 2.21 bits per heavy atom. The number of nitrogens with zero attached hydrogens (tertiary/aromatic N) is 1. The number of benzene rings is 1. The van der Waals surface area contributed by atoms with E-state index in [0.717, 1.165) is 11.1 Å². The van der Waals surface area contributed by atoms with E-state index in [-0.39, 0.29) is 12.4 Å². The summed E-state index contributed by atoms with van der Waals surface area (Å²) < 4.78 is 4.53. The maximum absolute atomic E-state index is 11.0. The van der Waals surface area contributed by atoms with Crippen molar-refractivity contribution in [2.45, 2.75) is 13.3 Å². The smallest absolute Gasteiger partial charge is 0.309 e. The average molecular weight is 193 g/mol. The molecule has 0 aliphatic heterocycles. The van der Waals surface area contributed by atoms with Gasteiger partial charge in [0.1, 0.15) is 5.69 Å². The summed E-state index contributed by atoms with van der Waals surface area (Å²) in [5.74, 6) is -0.323. The number of carbonyl (C=O) groups excluding carboxylic acids is 1. The van der Waals surface area contributed by atoms with Crippen molar-refractivity contribution in [3.63, 3.8) is 0 Å². The Balaban J connectivity index is 2.94. The average Bonchev–Trinajstić information content (AvgIpc) is 2.21. The van der Waals surface area contributed by atoms with Crippen molar-refractivity contribution >= 4 is 11.7 Å². The van der Waals surface area contributed by atoms with Gasteiger partial charge in [0.05, 0.1) is 13.5 Å². The SMILES string of the molecule is COC(=O)Cc1cc(N=O)ccc1C. The zero-order valence-corrected chi connectivity index (χ0v) is 8.11. The Morgan fingerprint density at radius 3 is 2.79 bits per heavy atom. The molecule has 1 aromatic rings. The molecule has 0 atom stereocenters. The number of nitroso groups, excluding NO2 is 1. The summed E-state index contributed by atoms with van der Waals surface area (Å²) in [6.07, 6.45) is 0.172. The van der Waals surface area contributed by atoms with Crippen molar-refractivity contribution in [3.8, 4) is 0 Å². The van der Waals surface area contributed by atoms with Crippen LogP contribution in [0.1, 0.15) is 11.1 Å². The van der Waals surface area contributed by atoms with Crippen LogP contribution in [-0.2, 0) is 16.0 Å².